The highest BCUT2D eigenvalue weighted by Crippen LogP contribution is 2.12. The van der Waals surface area contributed by atoms with Crippen molar-refractivity contribution in [2.45, 2.75) is 20.3 Å². The Bertz CT molecular complexity index is 688. The molecular weight excluding hydrogens is 288 g/mol. The predicted octanol–water partition coefficient (Wildman–Crippen LogP) is 3.43. The minimum Gasteiger partial charge on any atom is -0.497 e. The first-order chi connectivity index (χ1) is 11.0. The molecule has 0 fully saturated rings. The quantitative estimate of drug-likeness (QED) is 0.627. The molecule has 4 nitrogen and oxygen atoms in total. The van der Waals surface area contributed by atoms with Crippen molar-refractivity contribution < 1.29 is 9.53 Å². The molecule has 0 unspecified atom stereocenters. The molecule has 2 aromatic rings. The Morgan fingerprint density at radius 3 is 2.26 bits per heavy atom. The van der Waals surface area contributed by atoms with Crippen LogP contribution in [0.25, 0.3) is 0 Å². The lowest BCUT2D eigenvalue weighted by Gasteiger charge is -2.13. The van der Waals surface area contributed by atoms with Gasteiger partial charge in [0.05, 0.1) is 19.2 Å². The van der Waals surface area contributed by atoms with Crippen molar-refractivity contribution in [3.05, 3.63) is 65.2 Å². The third kappa shape index (κ3) is 4.68. The van der Waals surface area contributed by atoms with E-state index in [1.54, 1.807) is 14.2 Å². The molecule has 2 aromatic carbocycles. The molecule has 0 saturated heterocycles. The number of aryl methyl sites for hydroxylation is 1. The van der Waals surface area contributed by atoms with Crippen LogP contribution in [0.15, 0.2) is 53.6 Å². The summed E-state index contributed by atoms with van der Waals surface area (Å²) in [5.41, 5.74) is 3.92. The van der Waals surface area contributed by atoms with E-state index >= 15 is 0 Å². The summed E-state index contributed by atoms with van der Waals surface area (Å²) in [6, 6.07) is 15.6. The minimum absolute atomic E-state index is 0.0401. The summed E-state index contributed by atoms with van der Waals surface area (Å²) < 4.78 is 5.14. The monoisotopic (exact) mass is 310 g/mol. The number of ether oxygens (including phenoxy) is 1. The van der Waals surface area contributed by atoms with Crippen LogP contribution in [0, 0.1) is 6.92 Å². The first-order valence-electron chi connectivity index (χ1n) is 7.51. The number of amides is 1. The van der Waals surface area contributed by atoms with Gasteiger partial charge in [0.15, 0.2) is 0 Å². The van der Waals surface area contributed by atoms with E-state index in [1.807, 2.05) is 62.4 Å². The molecule has 0 bridgehead atoms. The molecule has 2 rings (SSSR count). The van der Waals surface area contributed by atoms with Gasteiger partial charge in [0.2, 0.25) is 5.91 Å². The van der Waals surface area contributed by atoms with E-state index in [1.165, 1.54) is 10.6 Å². The largest absolute Gasteiger partial charge is 0.497 e. The summed E-state index contributed by atoms with van der Waals surface area (Å²) >= 11 is 0. The fourth-order valence-electron chi connectivity index (χ4n) is 2.17. The van der Waals surface area contributed by atoms with Crippen LogP contribution in [0.2, 0.25) is 0 Å². The molecule has 1 amide bonds. The summed E-state index contributed by atoms with van der Waals surface area (Å²) in [7, 11) is 3.32. The van der Waals surface area contributed by atoms with Gasteiger partial charge in [-0.05, 0) is 49.2 Å². The van der Waals surface area contributed by atoms with Crippen LogP contribution in [0.5, 0.6) is 5.75 Å². The first kappa shape index (κ1) is 16.7. The molecule has 0 aliphatic rings. The number of hydrogen-bond donors (Lipinski definition) is 0. The number of methoxy groups -OCH3 is 1. The maximum Gasteiger partial charge on any atom is 0.246 e. The number of hydrogen-bond acceptors (Lipinski definition) is 3. The average molecular weight is 310 g/mol. The molecule has 4 heteroatoms. The molecule has 0 N–H and O–H groups in total. The Morgan fingerprint density at radius 1 is 1.09 bits per heavy atom. The second kappa shape index (κ2) is 7.58. The van der Waals surface area contributed by atoms with Crippen LogP contribution in [-0.2, 0) is 11.2 Å². The summed E-state index contributed by atoms with van der Waals surface area (Å²) in [6.45, 7) is 3.91. The molecule has 0 atom stereocenters. The van der Waals surface area contributed by atoms with Gasteiger partial charge in [0, 0.05) is 7.05 Å². The van der Waals surface area contributed by atoms with Gasteiger partial charge < -0.3 is 4.74 Å². The third-order valence-electron chi connectivity index (χ3n) is 3.64. The van der Waals surface area contributed by atoms with Crippen molar-refractivity contribution in [2.24, 2.45) is 5.10 Å². The van der Waals surface area contributed by atoms with Crippen molar-refractivity contribution in [3.8, 4) is 5.75 Å². The Labute approximate surface area is 137 Å². The van der Waals surface area contributed by atoms with Crippen molar-refractivity contribution in [2.75, 3.05) is 14.2 Å². The van der Waals surface area contributed by atoms with Gasteiger partial charge in [-0.3, -0.25) is 4.79 Å². The van der Waals surface area contributed by atoms with Gasteiger partial charge in [-0.1, -0.05) is 29.8 Å². The van der Waals surface area contributed by atoms with Gasteiger partial charge >= 0.3 is 0 Å². The molecule has 0 aliphatic heterocycles. The van der Waals surface area contributed by atoms with Crippen LogP contribution in [0.1, 0.15) is 23.6 Å². The molecule has 0 radical (unpaired) electrons. The molecule has 23 heavy (non-hydrogen) atoms. The van der Waals surface area contributed by atoms with Crippen LogP contribution in [-0.4, -0.2) is 30.8 Å². The van der Waals surface area contributed by atoms with E-state index < -0.39 is 0 Å². The van der Waals surface area contributed by atoms with Gasteiger partial charge in [0.1, 0.15) is 5.75 Å². The zero-order valence-corrected chi connectivity index (χ0v) is 14.0. The highest BCUT2D eigenvalue weighted by Gasteiger charge is 2.09. The van der Waals surface area contributed by atoms with E-state index in [-0.39, 0.29) is 5.91 Å². The zero-order chi connectivity index (χ0) is 16.8. The SMILES string of the molecule is COc1ccc(/C(C)=N/N(C)C(=O)Cc2ccc(C)cc2)cc1. The molecule has 0 aromatic heterocycles. The summed E-state index contributed by atoms with van der Waals surface area (Å²) in [5.74, 6) is 0.757. The third-order valence-corrected chi connectivity index (χ3v) is 3.64. The van der Waals surface area contributed by atoms with E-state index in [0.717, 1.165) is 22.6 Å². The number of carbonyl (C=O) groups excluding carboxylic acids is 1. The highest BCUT2D eigenvalue weighted by atomic mass is 16.5. The van der Waals surface area contributed by atoms with Crippen LogP contribution in [0.3, 0.4) is 0 Å². The number of rotatable bonds is 5. The lowest BCUT2D eigenvalue weighted by Crippen LogP contribution is -2.24. The van der Waals surface area contributed by atoms with Gasteiger partial charge in [-0.2, -0.15) is 5.10 Å². The smallest absolute Gasteiger partial charge is 0.246 e. The Balaban J connectivity index is 2.04. The number of hydrazone groups is 1. The van der Waals surface area contributed by atoms with E-state index in [4.69, 9.17) is 4.74 Å². The fraction of sp³-hybridized carbons (Fsp3) is 0.263. The van der Waals surface area contributed by atoms with Crippen LogP contribution < -0.4 is 4.74 Å². The van der Waals surface area contributed by atoms with E-state index in [2.05, 4.69) is 5.10 Å². The normalized spacial score (nSPS) is 11.2. The highest BCUT2D eigenvalue weighted by molar-refractivity contribution is 5.99. The van der Waals surface area contributed by atoms with Crippen LogP contribution in [0.4, 0.5) is 0 Å². The Morgan fingerprint density at radius 2 is 1.70 bits per heavy atom. The fourth-order valence-corrected chi connectivity index (χ4v) is 2.17. The average Bonchev–Trinajstić information content (AvgIpc) is 2.56. The summed E-state index contributed by atoms with van der Waals surface area (Å²) in [4.78, 5) is 12.3. The number of nitrogens with zero attached hydrogens (tertiary/aromatic N) is 2. The van der Waals surface area contributed by atoms with Crippen molar-refractivity contribution in [1.82, 2.24) is 5.01 Å². The second-order valence-electron chi connectivity index (χ2n) is 5.49. The molecule has 0 aliphatic carbocycles. The molecule has 0 spiro atoms. The lowest BCUT2D eigenvalue weighted by atomic mass is 10.1. The van der Waals surface area contributed by atoms with E-state index in [9.17, 15) is 4.79 Å². The standard InChI is InChI=1S/C19H22N2O2/c1-14-5-7-16(8-6-14)13-19(22)21(3)20-15(2)17-9-11-18(23-4)12-10-17/h5-12H,13H2,1-4H3/b20-15+. The maximum absolute atomic E-state index is 12.3. The first-order valence-corrected chi connectivity index (χ1v) is 7.51. The summed E-state index contributed by atoms with van der Waals surface area (Å²) in [5, 5.41) is 5.78. The number of carbonyl (C=O) groups is 1. The molecular formula is C19H22N2O2. The van der Waals surface area contributed by atoms with Gasteiger partial charge in [-0.15, -0.1) is 0 Å². The molecule has 0 heterocycles. The maximum atomic E-state index is 12.3. The van der Waals surface area contributed by atoms with Crippen molar-refractivity contribution in [3.63, 3.8) is 0 Å². The Kier molecular flexibility index (Phi) is 5.52. The van der Waals surface area contributed by atoms with Gasteiger partial charge in [-0.25, -0.2) is 5.01 Å². The minimum atomic E-state index is -0.0401. The van der Waals surface area contributed by atoms with E-state index in [0.29, 0.717) is 6.42 Å². The van der Waals surface area contributed by atoms with Gasteiger partial charge in [0.25, 0.3) is 0 Å². The second-order valence-corrected chi connectivity index (χ2v) is 5.49. The Hall–Kier alpha value is -2.62. The number of benzene rings is 2. The number of likely N-dealkylation sites (N-methyl/N-ethyl adjacent to an activating group) is 1. The van der Waals surface area contributed by atoms with Crippen molar-refractivity contribution >= 4 is 11.6 Å². The molecule has 0 saturated carbocycles. The summed E-state index contributed by atoms with van der Waals surface area (Å²) in [6.07, 6.45) is 0.343. The zero-order valence-electron chi connectivity index (χ0n) is 14.0. The lowest BCUT2D eigenvalue weighted by molar-refractivity contribution is -0.129. The molecule has 120 valence electrons. The van der Waals surface area contributed by atoms with Crippen molar-refractivity contribution in [1.29, 1.82) is 0 Å². The van der Waals surface area contributed by atoms with Crippen LogP contribution >= 0.6 is 0 Å². The topological polar surface area (TPSA) is 41.9 Å². The predicted molar refractivity (Wildman–Crippen MR) is 92.9 cm³/mol.